The average Bonchev–Trinajstić information content (AvgIpc) is 2.55. The Morgan fingerprint density at radius 1 is 1.27 bits per heavy atom. The molecule has 0 aliphatic carbocycles. The van der Waals surface area contributed by atoms with Crippen molar-refractivity contribution < 1.29 is 0 Å². The maximum atomic E-state index is 4.52. The quantitative estimate of drug-likeness (QED) is 0.893. The van der Waals surface area contributed by atoms with Gasteiger partial charge in [-0.15, -0.1) is 0 Å². The lowest BCUT2D eigenvalue weighted by atomic mass is 9.95. The van der Waals surface area contributed by atoms with E-state index in [1.54, 1.807) is 0 Å². The summed E-state index contributed by atoms with van der Waals surface area (Å²) in [5.74, 6) is 1.61. The third-order valence-electron chi connectivity index (χ3n) is 4.77. The van der Waals surface area contributed by atoms with E-state index in [0.29, 0.717) is 12.0 Å². The largest absolute Gasteiger partial charge is 0.356 e. The van der Waals surface area contributed by atoms with Crippen molar-refractivity contribution in [1.82, 2.24) is 15.5 Å². The van der Waals surface area contributed by atoms with Gasteiger partial charge < -0.3 is 10.6 Å². The first kappa shape index (κ1) is 15.3. The van der Waals surface area contributed by atoms with Crippen LogP contribution in [0, 0.1) is 5.92 Å². The Kier molecular flexibility index (Phi) is 4.98. The van der Waals surface area contributed by atoms with Crippen LogP contribution < -0.4 is 10.6 Å². The molecule has 0 radical (unpaired) electrons. The van der Waals surface area contributed by atoms with Crippen molar-refractivity contribution in [3.8, 4) is 0 Å². The van der Waals surface area contributed by atoms with E-state index in [1.807, 2.05) is 0 Å². The van der Waals surface area contributed by atoms with E-state index in [0.717, 1.165) is 45.1 Å². The maximum absolute atomic E-state index is 4.52. The van der Waals surface area contributed by atoms with E-state index in [2.05, 4.69) is 58.6 Å². The van der Waals surface area contributed by atoms with Gasteiger partial charge in [-0.1, -0.05) is 38.1 Å². The Balaban J connectivity index is 1.63. The molecular weight excluding hydrogens is 272 g/mol. The summed E-state index contributed by atoms with van der Waals surface area (Å²) < 4.78 is 0. The van der Waals surface area contributed by atoms with Crippen LogP contribution in [-0.2, 0) is 13.0 Å². The highest BCUT2D eigenvalue weighted by molar-refractivity contribution is 5.80. The molecule has 0 spiro atoms. The summed E-state index contributed by atoms with van der Waals surface area (Å²) in [5, 5.41) is 6.87. The second-order valence-corrected chi connectivity index (χ2v) is 6.69. The van der Waals surface area contributed by atoms with Crippen LogP contribution in [0.25, 0.3) is 0 Å². The molecule has 1 aromatic rings. The zero-order valence-electron chi connectivity index (χ0n) is 13.8. The Hall–Kier alpha value is -1.55. The topological polar surface area (TPSA) is 39.7 Å². The second kappa shape index (κ2) is 7.14. The predicted octanol–water partition coefficient (Wildman–Crippen LogP) is 2.01. The number of hydrogen-bond donors (Lipinski definition) is 2. The lowest BCUT2D eigenvalue weighted by Gasteiger charge is -2.38. The van der Waals surface area contributed by atoms with E-state index in [9.17, 15) is 0 Å². The number of nitrogens with one attached hydrogen (secondary N) is 2. The van der Waals surface area contributed by atoms with Crippen molar-refractivity contribution in [1.29, 1.82) is 0 Å². The first-order chi connectivity index (χ1) is 10.7. The Morgan fingerprint density at radius 2 is 2.09 bits per heavy atom. The first-order valence-corrected chi connectivity index (χ1v) is 8.57. The molecule has 1 atom stereocenters. The van der Waals surface area contributed by atoms with Crippen LogP contribution in [-0.4, -0.2) is 43.1 Å². The smallest absolute Gasteiger partial charge is 0.191 e. The normalized spacial score (nSPS) is 20.0. The average molecular weight is 300 g/mol. The maximum Gasteiger partial charge on any atom is 0.191 e. The molecule has 0 amide bonds. The number of nitrogens with zero attached hydrogens (tertiary/aromatic N) is 2. The summed E-state index contributed by atoms with van der Waals surface area (Å²) in [4.78, 5) is 7.15. The monoisotopic (exact) mass is 300 g/mol. The van der Waals surface area contributed by atoms with E-state index in [-0.39, 0.29) is 0 Å². The molecule has 1 aromatic carbocycles. The van der Waals surface area contributed by atoms with Crippen molar-refractivity contribution >= 4 is 5.96 Å². The molecule has 22 heavy (non-hydrogen) atoms. The zero-order chi connectivity index (χ0) is 15.4. The summed E-state index contributed by atoms with van der Waals surface area (Å²) in [5.41, 5.74) is 3.01. The van der Waals surface area contributed by atoms with Crippen LogP contribution >= 0.6 is 0 Å². The minimum Gasteiger partial charge on any atom is -0.356 e. The van der Waals surface area contributed by atoms with Gasteiger partial charge in [-0.2, -0.15) is 0 Å². The van der Waals surface area contributed by atoms with Crippen molar-refractivity contribution in [2.24, 2.45) is 10.9 Å². The fraction of sp³-hybridized carbons (Fsp3) is 0.611. The molecular formula is C18H28N4. The fourth-order valence-corrected chi connectivity index (χ4v) is 3.44. The number of guanidine groups is 1. The molecule has 3 rings (SSSR count). The first-order valence-electron chi connectivity index (χ1n) is 8.57. The van der Waals surface area contributed by atoms with Crippen molar-refractivity contribution in [3.05, 3.63) is 35.4 Å². The molecule has 0 saturated carbocycles. The lowest BCUT2D eigenvalue weighted by Crippen LogP contribution is -2.51. The number of hydrogen-bond acceptors (Lipinski definition) is 4. The summed E-state index contributed by atoms with van der Waals surface area (Å²) in [6.07, 6.45) is 2.31. The molecule has 1 unspecified atom stereocenters. The van der Waals surface area contributed by atoms with Gasteiger partial charge in [-0.25, -0.2) is 0 Å². The summed E-state index contributed by atoms with van der Waals surface area (Å²) in [6.45, 7) is 9.81. The number of fused-ring (bicyclic) bond motifs is 1. The molecule has 0 saturated heterocycles. The van der Waals surface area contributed by atoms with Gasteiger partial charge in [-0.05, 0) is 29.9 Å². The molecule has 4 nitrogen and oxygen atoms in total. The third kappa shape index (κ3) is 3.61. The molecule has 0 aromatic heterocycles. The molecule has 0 fully saturated rings. The van der Waals surface area contributed by atoms with E-state index < -0.39 is 0 Å². The summed E-state index contributed by atoms with van der Waals surface area (Å²) >= 11 is 0. The van der Waals surface area contributed by atoms with E-state index >= 15 is 0 Å². The number of aliphatic imine (C=N–C) groups is 1. The second-order valence-electron chi connectivity index (χ2n) is 6.69. The Morgan fingerprint density at radius 3 is 2.82 bits per heavy atom. The van der Waals surface area contributed by atoms with Gasteiger partial charge in [0.1, 0.15) is 0 Å². The van der Waals surface area contributed by atoms with E-state index in [1.165, 1.54) is 17.5 Å². The highest BCUT2D eigenvalue weighted by Gasteiger charge is 2.25. The molecule has 0 bridgehead atoms. The van der Waals surface area contributed by atoms with Crippen molar-refractivity contribution in [3.63, 3.8) is 0 Å². The zero-order valence-corrected chi connectivity index (χ0v) is 13.8. The van der Waals surface area contributed by atoms with Gasteiger partial charge in [-0.3, -0.25) is 9.89 Å². The lowest BCUT2D eigenvalue weighted by molar-refractivity contribution is 0.140. The molecule has 4 heteroatoms. The van der Waals surface area contributed by atoms with Gasteiger partial charge in [0.2, 0.25) is 0 Å². The van der Waals surface area contributed by atoms with Crippen molar-refractivity contribution in [2.45, 2.75) is 39.3 Å². The fourth-order valence-electron chi connectivity index (χ4n) is 3.44. The summed E-state index contributed by atoms with van der Waals surface area (Å²) in [6, 6.07) is 9.41. The standard InChI is InChI=1S/C18H28N4/c1-14(2)17(12-21-18-19-9-5-10-20-18)22-11-8-15-6-3-4-7-16(15)13-22/h3-4,6-7,14,17H,5,8-13H2,1-2H3,(H2,19,20,21). The van der Waals surface area contributed by atoms with Gasteiger partial charge in [0, 0.05) is 38.8 Å². The Bertz CT molecular complexity index is 524. The molecule has 2 aliphatic heterocycles. The molecule has 2 aliphatic rings. The van der Waals surface area contributed by atoms with Crippen molar-refractivity contribution in [2.75, 3.05) is 26.2 Å². The molecule has 2 heterocycles. The summed E-state index contributed by atoms with van der Waals surface area (Å²) in [7, 11) is 0. The number of benzene rings is 1. The van der Waals surface area contributed by atoms with Crippen LogP contribution in [0.2, 0.25) is 0 Å². The van der Waals surface area contributed by atoms with Gasteiger partial charge in [0.15, 0.2) is 5.96 Å². The minimum absolute atomic E-state index is 0.541. The minimum atomic E-state index is 0.541. The van der Waals surface area contributed by atoms with Gasteiger partial charge in [0.05, 0.1) is 0 Å². The molecule has 120 valence electrons. The SMILES string of the molecule is CC(C)C(CNC1=NCCCN1)N1CCc2ccccc2C1. The number of rotatable bonds is 4. The third-order valence-corrected chi connectivity index (χ3v) is 4.77. The van der Waals surface area contributed by atoms with Gasteiger partial charge >= 0.3 is 0 Å². The predicted molar refractivity (Wildman–Crippen MR) is 92.1 cm³/mol. The van der Waals surface area contributed by atoms with Gasteiger partial charge in [0.25, 0.3) is 0 Å². The highest BCUT2D eigenvalue weighted by Crippen LogP contribution is 2.22. The van der Waals surface area contributed by atoms with Crippen LogP contribution in [0.1, 0.15) is 31.4 Å². The van der Waals surface area contributed by atoms with Crippen LogP contribution in [0.3, 0.4) is 0 Å². The van der Waals surface area contributed by atoms with Crippen LogP contribution in [0.4, 0.5) is 0 Å². The molecule has 2 N–H and O–H groups in total. The highest BCUT2D eigenvalue weighted by atomic mass is 15.2. The van der Waals surface area contributed by atoms with Crippen LogP contribution in [0.5, 0.6) is 0 Å². The van der Waals surface area contributed by atoms with Crippen LogP contribution in [0.15, 0.2) is 29.3 Å². The Labute approximate surface area is 134 Å². The van der Waals surface area contributed by atoms with E-state index in [4.69, 9.17) is 0 Å².